The minimum absolute atomic E-state index is 0.0544. The highest BCUT2D eigenvalue weighted by Crippen LogP contribution is 2.64. The monoisotopic (exact) mass is 168 g/mol. The lowest BCUT2D eigenvalue weighted by molar-refractivity contribution is -0.414. The first kappa shape index (κ1) is 7.34. The Kier molecular flexibility index (Phi) is 1.06. The van der Waals surface area contributed by atoms with Gasteiger partial charge in [0.05, 0.1) is 11.7 Å². The molecule has 0 spiro atoms. The molecule has 4 saturated heterocycles. The molecule has 0 aromatic rings. The first-order valence-electron chi connectivity index (χ1n) is 4.85. The van der Waals surface area contributed by atoms with Crippen molar-refractivity contribution in [1.29, 1.82) is 0 Å². The van der Waals surface area contributed by atoms with E-state index in [2.05, 4.69) is 20.8 Å². The van der Waals surface area contributed by atoms with Crippen molar-refractivity contribution in [1.82, 2.24) is 0 Å². The van der Waals surface area contributed by atoms with Crippen molar-refractivity contribution in [3.05, 3.63) is 0 Å². The lowest BCUT2D eigenvalue weighted by atomic mass is 9.50. The van der Waals surface area contributed by atoms with Gasteiger partial charge in [-0.05, 0) is 25.7 Å². The Labute approximate surface area is 73.2 Å². The second-order valence-corrected chi connectivity index (χ2v) is 5.37. The zero-order valence-electron chi connectivity index (χ0n) is 7.96. The van der Waals surface area contributed by atoms with Gasteiger partial charge in [0.1, 0.15) is 0 Å². The van der Waals surface area contributed by atoms with Crippen LogP contribution < -0.4 is 0 Å². The van der Waals surface area contributed by atoms with Gasteiger partial charge in [-0.1, -0.05) is 6.92 Å². The van der Waals surface area contributed by atoms with E-state index in [4.69, 9.17) is 9.47 Å². The molecule has 1 aliphatic carbocycles. The summed E-state index contributed by atoms with van der Waals surface area (Å²) in [6.07, 6.45) is 2.95. The van der Waals surface area contributed by atoms with Gasteiger partial charge < -0.3 is 9.47 Å². The van der Waals surface area contributed by atoms with Crippen LogP contribution in [0.25, 0.3) is 0 Å². The predicted octanol–water partition coefficient (Wildman–Crippen LogP) is 1.94. The van der Waals surface area contributed by atoms with Gasteiger partial charge in [-0.15, -0.1) is 0 Å². The van der Waals surface area contributed by atoms with Crippen LogP contribution in [0.5, 0.6) is 0 Å². The molecule has 4 aliphatic heterocycles. The molecule has 5 rings (SSSR count). The number of hydrogen-bond acceptors (Lipinski definition) is 2. The van der Waals surface area contributed by atoms with E-state index in [1.165, 1.54) is 6.42 Å². The molecule has 2 heteroatoms. The molecule has 5 fully saturated rings. The van der Waals surface area contributed by atoms with Crippen LogP contribution in [0.15, 0.2) is 0 Å². The molecule has 1 saturated carbocycles. The average molecular weight is 168 g/mol. The first-order valence-corrected chi connectivity index (χ1v) is 4.85. The summed E-state index contributed by atoms with van der Waals surface area (Å²) in [6.45, 7) is 6.79. The fourth-order valence-electron chi connectivity index (χ4n) is 3.72. The van der Waals surface area contributed by atoms with Crippen molar-refractivity contribution < 1.29 is 9.47 Å². The van der Waals surface area contributed by atoms with E-state index >= 15 is 0 Å². The van der Waals surface area contributed by atoms with E-state index in [1.54, 1.807) is 0 Å². The summed E-state index contributed by atoms with van der Waals surface area (Å²) in [4.78, 5) is 0. The van der Waals surface area contributed by atoms with Gasteiger partial charge in [0.25, 0.3) is 0 Å². The van der Waals surface area contributed by atoms with Crippen LogP contribution in [0.4, 0.5) is 0 Å². The van der Waals surface area contributed by atoms with Crippen molar-refractivity contribution in [2.24, 2.45) is 11.3 Å². The molecule has 4 heterocycles. The zero-order chi connectivity index (χ0) is 8.56. The number of rotatable bonds is 0. The molecule has 0 radical (unpaired) electrons. The second kappa shape index (κ2) is 1.73. The maximum Gasteiger partial charge on any atom is 0.159 e. The summed E-state index contributed by atoms with van der Waals surface area (Å²) in [5.74, 6) is 0.634. The summed E-state index contributed by atoms with van der Waals surface area (Å²) in [6, 6.07) is 0. The quantitative estimate of drug-likeness (QED) is 0.550. The van der Waals surface area contributed by atoms with E-state index in [-0.39, 0.29) is 11.9 Å². The molecule has 0 N–H and O–H groups in total. The van der Waals surface area contributed by atoms with Crippen molar-refractivity contribution in [3.63, 3.8) is 0 Å². The van der Waals surface area contributed by atoms with Gasteiger partial charge in [0, 0.05) is 12.3 Å². The Morgan fingerprint density at radius 1 is 1.17 bits per heavy atom. The lowest BCUT2D eigenvalue weighted by Crippen LogP contribution is -2.71. The molecular weight excluding hydrogens is 152 g/mol. The van der Waals surface area contributed by atoms with Crippen LogP contribution in [0, 0.1) is 11.3 Å². The zero-order valence-corrected chi connectivity index (χ0v) is 7.96. The van der Waals surface area contributed by atoms with Crippen LogP contribution in [-0.4, -0.2) is 18.0 Å². The summed E-state index contributed by atoms with van der Waals surface area (Å²) >= 11 is 0. The SMILES string of the molecule is CC1(C)OC2C[C@@]3(C)CC(O2)C13. The molecule has 4 atom stereocenters. The molecule has 0 amide bonds. The Morgan fingerprint density at radius 2 is 1.92 bits per heavy atom. The molecule has 3 unspecified atom stereocenters. The lowest BCUT2D eigenvalue weighted by Gasteiger charge is -2.68. The number of fused-ring (bicyclic) bond motifs is 1. The Hall–Kier alpha value is -0.0800. The third kappa shape index (κ3) is 0.647. The van der Waals surface area contributed by atoms with Crippen LogP contribution in [-0.2, 0) is 9.47 Å². The molecule has 2 nitrogen and oxygen atoms in total. The molecule has 4 bridgehead atoms. The van der Waals surface area contributed by atoms with Gasteiger partial charge >= 0.3 is 0 Å². The van der Waals surface area contributed by atoms with Crippen LogP contribution in [0.2, 0.25) is 0 Å². The molecule has 12 heavy (non-hydrogen) atoms. The summed E-state index contributed by atoms with van der Waals surface area (Å²) < 4.78 is 11.5. The summed E-state index contributed by atoms with van der Waals surface area (Å²) in [5.41, 5.74) is 0.578. The number of hydrogen-bond donors (Lipinski definition) is 0. The topological polar surface area (TPSA) is 18.5 Å². The molecule has 5 aliphatic rings. The van der Waals surface area contributed by atoms with Crippen LogP contribution >= 0.6 is 0 Å². The van der Waals surface area contributed by atoms with Crippen molar-refractivity contribution in [3.8, 4) is 0 Å². The summed E-state index contributed by atoms with van der Waals surface area (Å²) in [5, 5.41) is 0. The van der Waals surface area contributed by atoms with Gasteiger partial charge in [0.2, 0.25) is 0 Å². The largest absolute Gasteiger partial charge is 0.349 e. The van der Waals surface area contributed by atoms with E-state index < -0.39 is 0 Å². The van der Waals surface area contributed by atoms with E-state index in [0.29, 0.717) is 17.4 Å². The first-order chi connectivity index (χ1) is 5.51. The smallest absolute Gasteiger partial charge is 0.159 e. The van der Waals surface area contributed by atoms with Crippen molar-refractivity contribution >= 4 is 0 Å². The highest BCUT2D eigenvalue weighted by atomic mass is 16.7. The van der Waals surface area contributed by atoms with E-state index in [1.807, 2.05) is 0 Å². The standard InChI is InChI=1S/C10H16O2/c1-9(2)8-6-4-10(8,3)5-7(11-6)12-9/h6-8H,4-5H2,1-3H3/t6?,7?,8?,10-/m1/s1. The summed E-state index contributed by atoms with van der Waals surface area (Å²) in [7, 11) is 0. The molecular formula is C10H16O2. The van der Waals surface area contributed by atoms with Gasteiger partial charge in [-0.2, -0.15) is 0 Å². The number of ether oxygens (including phenoxy) is 2. The third-order valence-electron chi connectivity index (χ3n) is 3.93. The van der Waals surface area contributed by atoms with Gasteiger partial charge in [-0.25, -0.2) is 0 Å². The minimum Gasteiger partial charge on any atom is -0.349 e. The Balaban J connectivity index is 2.01. The highest BCUT2D eigenvalue weighted by Gasteiger charge is 2.66. The normalized spacial score (nSPS) is 59.8. The highest BCUT2D eigenvalue weighted by molar-refractivity contribution is 5.12. The van der Waals surface area contributed by atoms with Gasteiger partial charge in [0.15, 0.2) is 6.29 Å². The van der Waals surface area contributed by atoms with E-state index in [9.17, 15) is 0 Å². The minimum atomic E-state index is 0.0544. The molecule has 0 aromatic carbocycles. The molecule has 68 valence electrons. The van der Waals surface area contributed by atoms with Crippen molar-refractivity contribution in [2.75, 3.05) is 0 Å². The molecule has 0 aromatic heterocycles. The van der Waals surface area contributed by atoms with E-state index in [0.717, 1.165) is 6.42 Å². The van der Waals surface area contributed by atoms with Gasteiger partial charge in [-0.3, -0.25) is 0 Å². The van der Waals surface area contributed by atoms with Crippen LogP contribution in [0.1, 0.15) is 33.6 Å². The van der Waals surface area contributed by atoms with Crippen LogP contribution in [0.3, 0.4) is 0 Å². The van der Waals surface area contributed by atoms with Crippen molar-refractivity contribution in [2.45, 2.75) is 51.6 Å². The maximum absolute atomic E-state index is 5.82. The maximum atomic E-state index is 5.82. The Bertz CT molecular complexity index is 220. The second-order valence-electron chi connectivity index (χ2n) is 5.37. The predicted molar refractivity (Wildman–Crippen MR) is 44.7 cm³/mol. The fraction of sp³-hybridized carbons (Fsp3) is 1.00. The average Bonchev–Trinajstić information content (AvgIpc) is 1.78. The Morgan fingerprint density at radius 3 is 2.33 bits per heavy atom. The third-order valence-corrected chi connectivity index (χ3v) is 3.93. The fourth-order valence-corrected chi connectivity index (χ4v) is 3.72.